The molecule has 0 unspecified atom stereocenters. The van der Waals surface area contributed by atoms with E-state index in [4.69, 9.17) is 0 Å². The van der Waals surface area contributed by atoms with Gasteiger partial charge in [-0.1, -0.05) is 13.8 Å². The molecule has 60 valence electrons. The number of rotatable bonds is 0. The van der Waals surface area contributed by atoms with Crippen molar-refractivity contribution in [3.05, 3.63) is 0 Å². The molecule has 0 spiro atoms. The van der Waals surface area contributed by atoms with E-state index in [1.54, 1.807) is 7.05 Å². The van der Waals surface area contributed by atoms with E-state index in [1.807, 2.05) is 13.8 Å². The summed E-state index contributed by atoms with van der Waals surface area (Å²) in [5.74, 6) is 0.927. The van der Waals surface area contributed by atoms with E-state index in [0.29, 0.717) is 0 Å². The first-order valence-electron chi connectivity index (χ1n) is 3.88. The van der Waals surface area contributed by atoms with Gasteiger partial charge < -0.3 is 10.6 Å². The first-order valence-corrected chi connectivity index (χ1v) is 3.88. The number of nitrogens with zero attached hydrogens (tertiary/aromatic N) is 1. The molecule has 0 aromatic heterocycles. The highest BCUT2D eigenvalue weighted by Gasteiger charge is 1.99. The van der Waals surface area contributed by atoms with Gasteiger partial charge in [0.1, 0.15) is 0 Å². The van der Waals surface area contributed by atoms with Crippen LogP contribution < -0.4 is 10.6 Å². The highest BCUT2D eigenvalue weighted by molar-refractivity contribution is 5.80. The molecular formula is C7H17N3. The summed E-state index contributed by atoms with van der Waals surface area (Å²) in [6.07, 6.45) is 1.19. The second-order valence-electron chi connectivity index (χ2n) is 1.78. The number of hydrogen-bond acceptors (Lipinski definition) is 1. The number of guanidine groups is 1. The third-order valence-corrected chi connectivity index (χ3v) is 1.16. The molecule has 1 rings (SSSR count). The fourth-order valence-electron chi connectivity index (χ4n) is 0.723. The topological polar surface area (TPSA) is 36.4 Å². The molecular weight excluding hydrogens is 126 g/mol. The fourth-order valence-corrected chi connectivity index (χ4v) is 0.723. The summed E-state index contributed by atoms with van der Waals surface area (Å²) in [6, 6.07) is 0. The molecule has 1 aliphatic rings. The van der Waals surface area contributed by atoms with Crippen molar-refractivity contribution in [2.75, 3.05) is 20.1 Å². The largest absolute Gasteiger partial charge is 0.356 e. The number of hydrogen-bond donors (Lipinski definition) is 2. The average molecular weight is 143 g/mol. The van der Waals surface area contributed by atoms with Crippen molar-refractivity contribution in [2.24, 2.45) is 4.99 Å². The Bertz CT molecular complexity index is 91.0. The SMILES string of the molecule is CC.CN=C1NCCCN1. The molecule has 0 saturated carbocycles. The zero-order valence-corrected chi connectivity index (χ0v) is 7.07. The summed E-state index contributed by atoms with van der Waals surface area (Å²) < 4.78 is 0. The Morgan fingerprint density at radius 1 is 1.20 bits per heavy atom. The van der Waals surface area contributed by atoms with Crippen LogP contribution in [0.4, 0.5) is 0 Å². The lowest BCUT2D eigenvalue weighted by molar-refractivity contribution is 0.667. The molecule has 10 heavy (non-hydrogen) atoms. The van der Waals surface area contributed by atoms with Crippen LogP contribution in [0, 0.1) is 0 Å². The van der Waals surface area contributed by atoms with Crippen LogP contribution in [0.15, 0.2) is 4.99 Å². The minimum atomic E-state index is 0.927. The molecule has 1 aliphatic heterocycles. The minimum Gasteiger partial charge on any atom is -0.356 e. The van der Waals surface area contributed by atoms with E-state index in [1.165, 1.54) is 6.42 Å². The van der Waals surface area contributed by atoms with Crippen LogP contribution in [0.1, 0.15) is 20.3 Å². The van der Waals surface area contributed by atoms with Crippen LogP contribution in [0.3, 0.4) is 0 Å². The maximum absolute atomic E-state index is 3.94. The standard InChI is InChI=1S/C5H11N3.C2H6/c1-6-5-7-3-2-4-8-5;1-2/h2-4H2,1H3,(H2,6,7,8);1-2H3. The van der Waals surface area contributed by atoms with Gasteiger partial charge in [0.15, 0.2) is 5.96 Å². The van der Waals surface area contributed by atoms with Gasteiger partial charge in [-0.05, 0) is 6.42 Å². The van der Waals surface area contributed by atoms with Crippen molar-refractivity contribution in [3.63, 3.8) is 0 Å². The van der Waals surface area contributed by atoms with E-state index >= 15 is 0 Å². The van der Waals surface area contributed by atoms with Crippen LogP contribution in [0.25, 0.3) is 0 Å². The van der Waals surface area contributed by atoms with Gasteiger partial charge in [-0.15, -0.1) is 0 Å². The van der Waals surface area contributed by atoms with Crippen molar-refractivity contribution < 1.29 is 0 Å². The first kappa shape index (κ1) is 9.27. The average Bonchev–Trinajstić information content (AvgIpc) is 2.10. The molecule has 3 heteroatoms. The normalized spacial score (nSPS) is 15.7. The van der Waals surface area contributed by atoms with E-state index in [0.717, 1.165) is 19.0 Å². The quantitative estimate of drug-likeness (QED) is 0.520. The molecule has 3 nitrogen and oxygen atoms in total. The minimum absolute atomic E-state index is 0.927. The van der Waals surface area contributed by atoms with Gasteiger partial charge in [0.2, 0.25) is 0 Å². The molecule has 0 bridgehead atoms. The lowest BCUT2D eigenvalue weighted by Gasteiger charge is -2.16. The zero-order valence-electron chi connectivity index (χ0n) is 7.07. The van der Waals surface area contributed by atoms with Crippen LogP contribution >= 0.6 is 0 Å². The Morgan fingerprint density at radius 2 is 1.70 bits per heavy atom. The first-order chi connectivity index (χ1) is 4.93. The third-order valence-electron chi connectivity index (χ3n) is 1.16. The van der Waals surface area contributed by atoms with E-state index in [2.05, 4.69) is 15.6 Å². The molecule has 1 saturated heterocycles. The Hall–Kier alpha value is -0.730. The molecule has 0 amide bonds. The highest BCUT2D eigenvalue weighted by atomic mass is 15.2. The van der Waals surface area contributed by atoms with Gasteiger partial charge in [-0.2, -0.15) is 0 Å². The van der Waals surface area contributed by atoms with Gasteiger partial charge in [-0.3, -0.25) is 4.99 Å². The van der Waals surface area contributed by atoms with Gasteiger partial charge in [0.25, 0.3) is 0 Å². The van der Waals surface area contributed by atoms with Crippen LogP contribution in [-0.4, -0.2) is 26.1 Å². The molecule has 0 aromatic carbocycles. The molecule has 0 aromatic rings. The molecule has 0 radical (unpaired) electrons. The van der Waals surface area contributed by atoms with Gasteiger partial charge in [0, 0.05) is 20.1 Å². The van der Waals surface area contributed by atoms with E-state index in [-0.39, 0.29) is 0 Å². The smallest absolute Gasteiger partial charge is 0.190 e. The molecule has 0 atom stereocenters. The van der Waals surface area contributed by atoms with E-state index in [9.17, 15) is 0 Å². The predicted octanol–water partition coefficient (Wildman–Crippen LogP) is 0.581. The second kappa shape index (κ2) is 6.39. The summed E-state index contributed by atoms with van der Waals surface area (Å²) in [5, 5.41) is 6.22. The van der Waals surface area contributed by atoms with Gasteiger partial charge in [-0.25, -0.2) is 0 Å². The lowest BCUT2D eigenvalue weighted by Crippen LogP contribution is -2.43. The summed E-state index contributed by atoms with van der Waals surface area (Å²) >= 11 is 0. The summed E-state index contributed by atoms with van der Waals surface area (Å²) in [7, 11) is 1.78. The monoisotopic (exact) mass is 143 g/mol. The molecule has 1 fully saturated rings. The summed E-state index contributed by atoms with van der Waals surface area (Å²) in [4.78, 5) is 3.94. The van der Waals surface area contributed by atoms with Crippen molar-refractivity contribution in [1.29, 1.82) is 0 Å². The Kier molecular flexibility index (Phi) is 5.92. The van der Waals surface area contributed by atoms with Crippen LogP contribution in [0.5, 0.6) is 0 Å². The maximum atomic E-state index is 3.94. The zero-order chi connectivity index (χ0) is 7.82. The van der Waals surface area contributed by atoms with Gasteiger partial charge >= 0.3 is 0 Å². The predicted molar refractivity (Wildman–Crippen MR) is 45.3 cm³/mol. The second-order valence-corrected chi connectivity index (χ2v) is 1.78. The molecule has 0 aliphatic carbocycles. The van der Waals surface area contributed by atoms with Crippen molar-refractivity contribution in [2.45, 2.75) is 20.3 Å². The summed E-state index contributed by atoms with van der Waals surface area (Å²) in [5.41, 5.74) is 0. The van der Waals surface area contributed by atoms with Crippen LogP contribution in [-0.2, 0) is 0 Å². The third kappa shape index (κ3) is 3.33. The van der Waals surface area contributed by atoms with E-state index < -0.39 is 0 Å². The molecule has 1 heterocycles. The fraction of sp³-hybridized carbons (Fsp3) is 0.857. The highest BCUT2D eigenvalue weighted by Crippen LogP contribution is 1.80. The number of aliphatic imine (C=N–C) groups is 1. The Morgan fingerprint density at radius 3 is 2.00 bits per heavy atom. The Balaban J connectivity index is 0.000000371. The van der Waals surface area contributed by atoms with Gasteiger partial charge in [0.05, 0.1) is 0 Å². The molecule has 2 N–H and O–H groups in total. The Labute approximate surface area is 62.9 Å². The van der Waals surface area contributed by atoms with Crippen molar-refractivity contribution in [1.82, 2.24) is 10.6 Å². The van der Waals surface area contributed by atoms with Crippen molar-refractivity contribution in [3.8, 4) is 0 Å². The summed E-state index contributed by atoms with van der Waals surface area (Å²) in [6.45, 7) is 6.11. The number of nitrogens with one attached hydrogen (secondary N) is 2. The van der Waals surface area contributed by atoms with Crippen molar-refractivity contribution >= 4 is 5.96 Å². The maximum Gasteiger partial charge on any atom is 0.190 e. The van der Waals surface area contributed by atoms with Crippen LogP contribution in [0.2, 0.25) is 0 Å². The lowest BCUT2D eigenvalue weighted by atomic mass is 10.4.